The molecule has 3 rings (SSSR count). The van der Waals surface area contributed by atoms with Crippen LogP contribution in [0.4, 0.5) is 0 Å². The molecule has 3 heteroatoms. The second-order valence-electron chi connectivity index (χ2n) is 5.56. The molecule has 3 aliphatic rings. The standard InChI is InChI=1S/C13H22N2S/c1-2-11-5-6-16-13(14-11)15-12-8-9-3-4-10(12)7-9/h9-12H,2-8H2,1H3,(H,14,15). The smallest absolute Gasteiger partial charge is 0.157 e. The van der Waals surface area contributed by atoms with Crippen molar-refractivity contribution in [3.8, 4) is 0 Å². The van der Waals surface area contributed by atoms with Gasteiger partial charge in [0.05, 0.1) is 6.04 Å². The van der Waals surface area contributed by atoms with Gasteiger partial charge in [0.15, 0.2) is 5.17 Å². The fourth-order valence-electron chi connectivity index (χ4n) is 3.49. The van der Waals surface area contributed by atoms with Crippen LogP contribution in [-0.2, 0) is 0 Å². The number of aliphatic imine (C=N–C) groups is 1. The van der Waals surface area contributed by atoms with Crippen LogP contribution in [0.1, 0.15) is 45.4 Å². The third-order valence-corrected chi connectivity index (χ3v) is 5.45. The molecule has 1 N–H and O–H groups in total. The van der Waals surface area contributed by atoms with Crippen molar-refractivity contribution in [3.63, 3.8) is 0 Å². The summed E-state index contributed by atoms with van der Waals surface area (Å²) in [5.41, 5.74) is 0. The highest BCUT2D eigenvalue weighted by Crippen LogP contribution is 2.46. The number of nitrogens with zero attached hydrogens (tertiary/aromatic N) is 1. The van der Waals surface area contributed by atoms with Crippen molar-refractivity contribution in [1.29, 1.82) is 0 Å². The Hall–Kier alpha value is -0.180. The zero-order valence-electron chi connectivity index (χ0n) is 10.1. The largest absolute Gasteiger partial charge is 0.362 e. The molecule has 1 aliphatic heterocycles. The van der Waals surface area contributed by atoms with Gasteiger partial charge in [0.2, 0.25) is 0 Å². The number of rotatable bonds is 2. The fourth-order valence-corrected chi connectivity index (χ4v) is 4.54. The van der Waals surface area contributed by atoms with E-state index < -0.39 is 0 Å². The highest BCUT2D eigenvalue weighted by atomic mass is 32.2. The molecule has 90 valence electrons. The van der Waals surface area contributed by atoms with Crippen LogP contribution < -0.4 is 5.32 Å². The first-order valence-corrected chi connectivity index (χ1v) is 7.81. The van der Waals surface area contributed by atoms with Gasteiger partial charge in [-0.1, -0.05) is 25.1 Å². The van der Waals surface area contributed by atoms with Crippen LogP contribution >= 0.6 is 11.8 Å². The summed E-state index contributed by atoms with van der Waals surface area (Å²) in [5.74, 6) is 3.18. The lowest BCUT2D eigenvalue weighted by molar-refractivity contribution is 0.419. The van der Waals surface area contributed by atoms with E-state index in [0.717, 1.165) is 11.8 Å². The average molecular weight is 238 g/mol. The van der Waals surface area contributed by atoms with E-state index in [-0.39, 0.29) is 0 Å². The summed E-state index contributed by atoms with van der Waals surface area (Å²) in [6.07, 6.45) is 8.28. The summed E-state index contributed by atoms with van der Waals surface area (Å²) >= 11 is 1.94. The van der Waals surface area contributed by atoms with Crippen molar-refractivity contribution in [2.75, 3.05) is 5.75 Å². The van der Waals surface area contributed by atoms with Gasteiger partial charge < -0.3 is 5.32 Å². The van der Waals surface area contributed by atoms with Crippen LogP contribution in [-0.4, -0.2) is 23.0 Å². The van der Waals surface area contributed by atoms with Crippen LogP contribution in [0, 0.1) is 11.8 Å². The van der Waals surface area contributed by atoms with Crippen molar-refractivity contribution in [2.45, 2.75) is 57.5 Å². The number of hydrogen-bond donors (Lipinski definition) is 1. The van der Waals surface area contributed by atoms with Crippen molar-refractivity contribution in [2.24, 2.45) is 16.8 Å². The molecule has 2 bridgehead atoms. The zero-order chi connectivity index (χ0) is 11.0. The van der Waals surface area contributed by atoms with E-state index >= 15 is 0 Å². The number of hydrogen-bond acceptors (Lipinski definition) is 2. The molecule has 0 radical (unpaired) electrons. The van der Waals surface area contributed by atoms with Gasteiger partial charge in [0, 0.05) is 11.8 Å². The second kappa shape index (κ2) is 4.59. The van der Waals surface area contributed by atoms with Gasteiger partial charge in [0.25, 0.3) is 0 Å². The Morgan fingerprint density at radius 1 is 1.31 bits per heavy atom. The van der Waals surface area contributed by atoms with Crippen molar-refractivity contribution < 1.29 is 0 Å². The number of nitrogens with one attached hydrogen (secondary N) is 1. The van der Waals surface area contributed by atoms with Crippen molar-refractivity contribution in [3.05, 3.63) is 0 Å². The van der Waals surface area contributed by atoms with E-state index in [9.17, 15) is 0 Å². The lowest BCUT2D eigenvalue weighted by atomic mass is 9.96. The van der Waals surface area contributed by atoms with Crippen LogP contribution in [0.3, 0.4) is 0 Å². The molecule has 0 aromatic heterocycles. The van der Waals surface area contributed by atoms with E-state index in [2.05, 4.69) is 12.2 Å². The predicted molar refractivity (Wildman–Crippen MR) is 71.0 cm³/mol. The van der Waals surface area contributed by atoms with E-state index in [1.54, 1.807) is 0 Å². The Labute approximate surface area is 103 Å². The molecule has 0 aromatic carbocycles. The minimum atomic E-state index is 0.657. The Morgan fingerprint density at radius 2 is 2.25 bits per heavy atom. The molecular formula is C13H22N2S. The molecule has 3 fully saturated rings. The molecule has 2 aliphatic carbocycles. The summed E-state index contributed by atoms with van der Waals surface area (Å²) in [5, 5.41) is 4.85. The second-order valence-corrected chi connectivity index (χ2v) is 6.65. The van der Waals surface area contributed by atoms with Crippen molar-refractivity contribution in [1.82, 2.24) is 5.32 Å². The number of thioether (sulfide) groups is 1. The molecule has 0 amide bonds. The SMILES string of the molecule is CCC1CCSC(=NC2CC3CCC2C3)N1. The molecule has 2 saturated carbocycles. The molecule has 0 spiro atoms. The van der Waals surface area contributed by atoms with Crippen LogP contribution in [0.5, 0.6) is 0 Å². The molecule has 16 heavy (non-hydrogen) atoms. The van der Waals surface area contributed by atoms with Crippen LogP contribution in [0.2, 0.25) is 0 Å². The van der Waals surface area contributed by atoms with Gasteiger partial charge >= 0.3 is 0 Å². The molecule has 4 unspecified atom stereocenters. The minimum Gasteiger partial charge on any atom is -0.362 e. The number of amidine groups is 1. The molecule has 0 aromatic rings. The molecule has 1 heterocycles. The zero-order valence-corrected chi connectivity index (χ0v) is 10.9. The summed E-state index contributed by atoms with van der Waals surface area (Å²) in [6.45, 7) is 2.27. The maximum atomic E-state index is 4.98. The fraction of sp³-hybridized carbons (Fsp3) is 0.923. The Kier molecular flexibility index (Phi) is 3.14. The first-order chi connectivity index (χ1) is 7.85. The molecule has 1 saturated heterocycles. The highest BCUT2D eigenvalue weighted by Gasteiger charge is 2.39. The third-order valence-electron chi connectivity index (χ3n) is 4.51. The summed E-state index contributed by atoms with van der Waals surface area (Å²) in [6, 6.07) is 1.34. The maximum Gasteiger partial charge on any atom is 0.157 e. The third kappa shape index (κ3) is 2.11. The number of fused-ring (bicyclic) bond motifs is 2. The normalized spacial score (nSPS) is 44.9. The first kappa shape index (κ1) is 10.9. The van der Waals surface area contributed by atoms with Gasteiger partial charge in [-0.3, -0.25) is 4.99 Å². The monoisotopic (exact) mass is 238 g/mol. The molecule has 2 nitrogen and oxygen atoms in total. The highest BCUT2D eigenvalue weighted by molar-refractivity contribution is 8.13. The van der Waals surface area contributed by atoms with Gasteiger partial charge in [-0.2, -0.15) is 0 Å². The van der Waals surface area contributed by atoms with Crippen molar-refractivity contribution >= 4 is 16.9 Å². The van der Waals surface area contributed by atoms with Gasteiger partial charge in [-0.15, -0.1) is 0 Å². The lowest BCUT2D eigenvalue weighted by Gasteiger charge is -2.26. The van der Waals surface area contributed by atoms with E-state index in [4.69, 9.17) is 4.99 Å². The first-order valence-electron chi connectivity index (χ1n) is 6.82. The topological polar surface area (TPSA) is 24.4 Å². The minimum absolute atomic E-state index is 0.657. The summed E-state index contributed by atoms with van der Waals surface area (Å²) < 4.78 is 0. The predicted octanol–water partition coefficient (Wildman–Crippen LogP) is 3.04. The Bertz CT molecular complexity index is 290. The van der Waals surface area contributed by atoms with Gasteiger partial charge in [0.1, 0.15) is 0 Å². The Morgan fingerprint density at radius 3 is 2.94 bits per heavy atom. The average Bonchev–Trinajstić information content (AvgIpc) is 2.91. The molecule has 4 atom stereocenters. The summed E-state index contributed by atoms with van der Waals surface area (Å²) in [7, 11) is 0. The lowest BCUT2D eigenvalue weighted by Crippen LogP contribution is -2.38. The van der Waals surface area contributed by atoms with Crippen LogP contribution in [0.25, 0.3) is 0 Å². The van der Waals surface area contributed by atoms with E-state index in [1.165, 1.54) is 49.4 Å². The summed E-state index contributed by atoms with van der Waals surface area (Å²) in [4.78, 5) is 4.98. The van der Waals surface area contributed by atoms with E-state index in [1.807, 2.05) is 11.8 Å². The van der Waals surface area contributed by atoms with E-state index in [0.29, 0.717) is 12.1 Å². The maximum absolute atomic E-state index is 4.98. The van der Waals surface area contributed by atoms with Gasteiger partial charge in [-0.05, 0) is 43.9 Å². The molecular weight excluding hydrogens is 216 g/mol. The quantitative estimate of drug-likeness (QED) is 0.799. The van der Waals surface area contributed by atoms with Gasteiger partial charge in [-0.25, -0.2) is 0 Å². The van der Waals surface area contributed by atoms with Crippen LogP contribution in [0.15, 0.2) is 4.99 Å². The Balaban J connectivity index is 1.63.